The first-order valence-electron chi connectivity index (χ1n) is 3.26. The van der Waals surface area contributed by atoms with Crippen LogP contribution in [0.2, 0.25) is 0 Å². The van der Waals surface area contributed by atoms with Gasteiger partial charge in [-0.05, 0) is 13.8 Å². The molecule has 1 heterocycles. The van der Waals surface area contributed by atoms with E-state index in [2.05, 4.69) is 15.9 Å². The number of hydrogen-bond acceptors (Lipinski definition) is 4. The molecule has 1 aromatic heterocycles. The van der Waals surface area contributed by atoms with E-state index < -0.39 is 5.97 Å². The first kappa shape index (κ1) is 7.78. The highest BCUT2D eigenvalue weighted by Crippen LogP contribution is 2.05. The normalized spacial score (nSPS) is 9.64. The van der Waals surface area contributed by atoms with E-state index >= 15 is 0 Å². The fourth-order valence-electron chi connectivity index (χ4n) is 0.649. The topological polar surface area (TPSA) is 52.3 Å². The summed E-state index contributed by atoms with van der Waals surface area (Å²) < 4.78 is 9.13. The molecule has 0 saturated heterocycles. The number of carbonyl (C=O) groups is 1. The zero-order valence-electron chi connectivity index (χ0n) is 6.38. The van der Waals surface area contributed by atoms with Crippen molar-refractivity contribution < 1.29 is 14.1 Å². The van der Waals surface area contributed by atoms with Gasteiger partial charge in [0.2, 0.25) is 6.26 Å². The third kappa shape index (κ3) is 1.58. The highest BCUT2D eigenvalue weighted by atomic mass is 16.5. The monoisotopic (exact) mass is 154 g/mol. The van der Waals surface area contributed by atoms with Gasteiger partial charge in [-0.1, -0.05) is 5.16 Å². The Bertz CT molecular complexity index is 254. The molecule has 11 heavy (non-hydrogen) atoms. The summed E-state index contributed by atoms with van der Waals surface area (Å²) in [6.07, 6.45) is 2.33. The van der Waals surface area contributed by atoms with E-state index in [1.807, 2.05) is 0 Å². The third-order valence-corrected chi connectivity index (χ3v) is 1.17. The van der Waals surface area contributed by atoms with Crippen LogP contribution in [-0.4, -0.2) is 17.7 Å². The molecule has 1 aromatic rings. The van der Waals surface area contributed by atoms with Gasteiger partial charge in [-0.2, -0.15) is 0 Å². The van der Waals surface area contributed by atoms with Crippen LogP contribution in [0, 0.1) is 13.2 Å². The molecule has 0 N–H and O–H groups in total. The van der Waals surface area contributed by atoms with Crippen LogP contribution < -0.4 is 0 Å². The van der Waals surface area contributed by atoms with Gasteiger partial charge >= 0.3 is 5.97 Å². The highest BCUT2D eigenvalue weighted by Gasteiger charge is 2.13. The van der Waals surface area contributed by atoms with Crippen molar-refractivity contribution in [1.82, 2.24) is 5.16 Å². The molecule has 0 bridgehead atoms. The van der Waals surface area contributed by atoms with Gasteiger partial charge in [-0.25, -0.2) is 4.79 Å². The predicted octanol–water partition coefficient (Wildman–Crippen LogP) is 0.960. The molecule has 0 saturated carbocycles. The van der Waals surface area contributed by atoms with E-state index in [1.165, 1.54) is 0 Å². The molecule has 0 aliphatic rings. The maximum absolute atomic E-state index is 11.0. The van der Waals surface area contributed by atoms with Crippen molar-refractivity contribution in [1.29, 1.82) is 0 Å². The molecule has 1 radical (unpaired) electrons. The van der Waals surface area contributed by atoms with E-state index in [9.17, 15) is 4.79 Å². The number of carbonyl (C=O) groups excluding carboxylic acids is 1. The van der Waals surface area contributed by atoms with Crippen LogP contribution in [0.3, 0.4) is 0 Å². The Kier molecular flexibility index (Phi) is 2.25. The molecule has 0 fully saturated rings. The molecule has 0 atom stereocenters. The maximum Gasteiger partial charge on any atom is 0.344 e. The molecule has 0 amide bonds. The molecular weight excluding hydrogens is 146 g/mol. The van der Waals surface area contributed by atoms with Crippen LogP contribution in [0.25, 0.3) is 0 Å². The van der Waals surface area contributed by atoms with E-state index in [0.29, 0.717) is 12.3 Å². The average molecular weight is 154 g/mol. The first-order valence-corrected chi connectivity index (χ1v) is 3.26. The lowest BCUT2D eigenvalue weighted by molar-refractivity contribution is 0.0524. The Hall–Kier alpha value is -1.32. The van der Waals surface area contributed by atoms with Crippen molar-refractivity contribution >= 4 is 5.97 Å². The standard InChI is InChI=1S/C7H8NO3/c1-3-10-7(9)6-4-11-8-5(6)2/h3H2,1-2H3. The van der Waals surface area contributed by atoms with Crippen molar-refractivity contribution in [2.24, 2.45) is 0 Å². The zero-order chi connectivity index (χ0) is 8.27. The van der Waals surface area contributed by atoms with Gasteiger partial charge < -0.3 is 9.26 Å². The Morgan fingerprint density at radius 3 is 3.00 bits per heavy atom. The van der Waals surface area contributed by atoms with E-state index in [1.54, 1.807) is 13.8 Å². The summed E-state index contributed by atoms with van der Waals surface area (Å²) in [7, 11) is 0. The van der Waals surface area contributed by atoms with Crippen molar-refractivity contribution in [3.05, 3.63) is 17.5 Å². The minimum absolute atomic E-state index is 0.270. The van der Waals surface area contributed by atoms with Gasteiger partial charge in [0.1, 0.15) is 5.56 Å². The second-order valence-electron chi connectivity index (χ2n) is 1.97. The fraction of sp³-hybridized carbons (Fsp3) is 0.429. The number of aromatic nitrogens is 1. The summed E-state index contributed by atoms with van der Waals surface area (Å²) in [5, 5.41) is 3.49. The van der Waals surface area contributed by atoms with E-state index in [0.717, 1.165) is 0 Å². The molecule has 0 aliphatic heterocycles. The SMILES string of the molecule is CCOC(=O)c1[c]onc1C. The van der Waals surface area contributed by atoms with Crippen molar-refractivity contribution in [2.75, 3.05) is 6.61 Å². The molecule has 59 valence electrons. The highest BCUT2D eigenvalue weighted by molar-refractivity contribution is 5.89. The van der Waals surface area contributed by atoms with Crippen LogP contribution in [0.15, 0.2) is 4.52 Å². The maximum atomic E-state index is 11.0. The first-order chi connectivity index (χ1) is 5.25. The molecular formula is C7H8NO3. The molecule has 0 aliphatic carbocycles. The van der Waals surface area contributed by atoms with Gasteiger partial charge in [-0.3, -0.25) is 0 Å². The Morgan fingerprint density at radius 1 is 1.82 bits per heavy atom. The third-order valence-electron chi connectivity index (χ3n) is 1.17. The molecule has 4 nitrogen and oxygen atoms in total. The lowest BCUT2D eigenvalue weighted by Crippen LogP contribution is -2.04. The number of rotatable bonds is 2. The second kappa shape index (κ2) is 3.18. The quantitative estimate of drug-likeness (QED) is 0.595. The van der Waals surface area contributed by atoms with Gasteiger partial charge in [0.25, 0.3) is 0 Å². The van der Waals surface area contributed by atoms with E-state index in [-0.39, 0.29) is 5.56 Å². The Morgan fingerprint density at radius 2 is 2.55 bits per heavy atom. The Balaban J connectivity index is 2.76. The second-order valence-corrected chi connectivity index (χ2v) is 1.97. The van der Waals surface area contributed by atoms with Crippen molar-refractivity contribution in [3.8, 4) is 0 Å². The van der Waals surface area contributed by atoms with Gasteiger partial charge in [0.05, 0.1) is 12.3 Å². The number of esters is 1. The van der Waals surface area contributed by atoms with Crippen LogP contribution in [-0.2, 0) is 4.74 Å². The largest absolute Gasteiger partial charge is 0.462 e. The summed E-state index contributed by atoms with van der Waals surface area (Å²) in [4.78, 5) is 11.0. The molecule has 1 rings (SSSR count). The summed E-state index contributed by atoms with van der Waals surface area (Å²) in [6.45, 7) is 3.74. The Labute approximate surface area is 64.1 Å². The molecule has 4 heteroatoms. The van der Waals surface area contributed by atoms with Crippen LogP contribution in [0.1, 0.15) is 23.0 Å². The summed E-state index contributed by atoms with van der Waals surface area (Å²) in [5.41, 5.74) is 0.773. The minimum Gasteiger partial charge on any atom is -0.462 e. The lowest BCUT2D eigenvalue weighted by atomic mass is 10.3. The van der Waals surface area contributed by atoms with Crippen LogP contribution in [0.4, 0.5) is 0 Å². The van der Waals surface area contributed by atoms with Crippen molar-refractivity contribution in [2.45, 2.75) is 13.8 Å². The molecule has 0 spiro atoms. The zero-order valence-corrected chi connectivity index (χ0v) is 6.38. The average Bonchev–Trinajstić information content (AvgIpc) is 2.36. The van der Waals surface area contributed by atoms with Gasteiger partial charge in [0, 0.05) is 0 Å². The van der Waals surface area contributed by atoms with Gasteiger partial charge in [-0.15, -0.1) is 0 Å². The number of aryl methyl sites for hydroxylation is 1. The number of ether oxygens (including phenoxy) is 1. The fourth-order valence-corrected chi connectivity index (χ4v) is 0.649. The molecule has 0 unspecified atom stereocenters. The molecule has 0 aromatic carbocycles. The predicted molar refractivity (Wildman–Crippen MR) is 36.0 cm³/mol. The van der Waals surface area contributed by atoms with E-state index in [4.69, 9.17) is 4.74 Å². The van der Waals surface area contributed by atoms with Crippen LogP contribution >= 0.6 is 0 Å². The van der Waals surface area contributed by atoms with Crippen molar-refractivity contribution in [3.63, 3.8) is 0 Å². The lowest BCUT2D eigenvalue weighted by Gasteiger charge is -1.96. The summed E-state index contributed by atoms with van der Waals surface area (Å²) in [5.74, 6) is -0.439. The number of hydrogen-bond donors (Lipinski definition) is 0. The van der Waals surface area contributed by atoms with Gasteiger partial charge in [0.15, 0.2) is 0 Å². The van der Waals surface area contributed by atoms with Crippen LogP contribution in [0.5, 0.6) is 0 Å². The smallest absolute Gasteiger partial charge is 0.344 e. The number of nitrogens with zero attached hydrogens (tertiary/aromatic N) is 1. The summed E-state index contributed by atoms with van der Waals surface area (Å²) in [6, 6.07) is 0. The summed E-state index contributed by atoms with van der Waals surface area (Å²) >= 11 is 0. The minimum atomic E-state index is -0.439.